The third kappa shape index (κ3) is 4.80. The maximum Gasteiger partial charge on any atom is 0.420 e. The predicted molar refractivity (Wildman–Crippen MR) is 105 cm³/mol. The molecule has 1 N–H and O–H groups in total. The van der Waals surface area contributed by atoms with Crippen molar-refractivity contribution in [2.75, 3.05) is 18.5 Å². The summed E-state index contributed by atoms with van der Waals surface area (Å²) in [6.45, 7) is 0.408. The lowest BCUT2D eigenvalue weighted by Gasteiger charge is -2.30. The van der Waals surface area contributed by atoms with Crippen LogP contribution < -0.4 is 4.90 Å². The third-order valence-corrected chi connectivity index (χ3v) is 7.23. The molecule has 32 heavy (non-hydrogen) atoms. The van der Waals surface area contributed by atoms with E-state index in [0.29, 0.717) is 19.1 Å². The van der Waals surface area contributed by atoms with Crippen molar-refractivity contribution in [2.45, 2.75) is 42.8 Å². The van der Waals surface area contributed by atoms with Gasteiger partial charge in [0.15, 0.2) is 0 Å². The minimum atomic E-state index is -4.99. The van der Waals surface area contributed by atoms with E-state index in [9.17, 15) is 39.9 Å². The number of nitrogens with zero attached hydrogens (tertiary/aromatic N) is 2. The number of likely N-dealkylation sites (N-methyl/N-ethyl adjacent to an activating group) is 1. The highest BCUT2D eigenvalue weighted by atomic mass is 32.2. The van der Waals surface area contributed by atoms with E-state index in [1.807, 2.05) is 0 Å². The molecule has 0 saturated heterocycles. The van der Waals surface area contributed by atoms with E-state index in [0.717, 1.165) is 23.5 Å². The molecule has 12 heteroatoms. The summed E-state index contributed by atoms with van der Waals surface area (Å²) in [7, 11) is -3.32. The van der Waals surface area contributed by atoms with Crippen molar-refractivity contribution in [3.05, 3.63) is 47.8 Å². The van der Waals surface area contributed by atoms with Gasteiger partial charge in [-0.1, -0.05) is 0 Å². The Morgan fingerprint density at radius 3 is 2.22 bits per heavy atom. The first-order chi connectivity index (χ1) is 14.6. The predicted octanol–water partition coefficient (Wildman–Crippen LogP) is 5.13. The van der Waals surface area contributed by atoms with Gasteiger partial charge in [-0.25, -0.2) is 21.6 Å². The number of fused-ring (bicyclic) bond motifs is 1. The molecule has 3 rings (SSSR count). The van der Waals surface area contributed by atoms with Crippen molar-refractivity contribution < 1.29 is 39.9 Å². The molecule has 1 aliphatic rings. The fraction of sp³-hybridized carbons (Fsp3) is 0.400. The van der Waals surface area contributed by atoms with Gasteiger partial charge in [0.05, 0.1) is 11.3 Å². The quantitative estimate of drug-likeness (QED) is 0.615. The largest absolute Gasteiger partial charge is 0.507 e. The Labute approximate surface area is 180 Å². The number of anilines is 2. The van der Waals surface area contributed by atoms with E-state index in [1.54, 1.807) is 0 Å². The monoisotopic (exact) mass is 482 g/mol. The first-order valence-electron chi connectivity index (χ1n) is 9.44. The molecule has 1 atom stereocenters. The zero-order chi connectivity index (χ0) is 24.1. The van der Waals surface area contributed by atoms with Crippen molar-refractivity contribution >= 4 is 21.4 Å². The van der Waals surface area contributed by atoms with Gasteiger partial charge in [-0.2, -0.15) is 17.5 Å². The molecule has 5 nitrogen and oxygen atoms in total. The first-order valence-corrected chi connectivity index (χ1v) is 10.9. The van der Waals surface area contributed by atoms with Crippen LogP contribution in [0.15, 0.2) is 41.3 Å². The first kappa shape index (κ1) is 24.2. The second kappa shape index (κ2) is 8.14. The second-order valence-electron chi connectivity index (χ2n) is 7.71. The molecule has 0 aliphatic carbocycles. The van der Waals surface area contributed by atoms with E-state index in [4.69, 9.17) is 0 Å². The van der Waals surface area contributed by atoms with Crippen molar-refractivity contribution in [3.8, 4) is 5.75 Å². The van der Waals surface area contributed by atoms with Gasteiger partial charge in [-0.3, -0.25) is 0 Å². The fourth-order valence-electron chi connectivity index (χ4n) is 3.54. The zero-order valence-corrected chi connectivity index (χ0v) is 17.8. The average molecular weight is 482 g/mol. The minimum Gasteiger partial charge on any atom is -0.507 e. The van der Waals surface area contributed by atoms with Gasteiger partial charge in [0.2, 0.25) is 15.9 Å². The highest BCUT2D eigenvalue weighted by Crippen LogP contribution is 2.45. The number of phenolic OH excluding ortho intramolecular Hbond substituents is 1. The fourth-order valence-corrected chi connectivity index (χ4v) is 5.11. The lowest BCUT2D eigenvalue weighted by molar-refractivity contribution is -0.138. The maximum absolute atomic E-state index is 13.5. The number of halogens is 6. The molecular weight excluding hydrogens is 462 g/mol. The third-order valence-electron chi connectivity index (χ3n) is 5.29. The number of aromatic hydroxyl groups is 1. The molecule has 0 bridgehead atoms. The van der Waals surface area contributed by atoms with Gasteiger partial charge >= 0.3 is 6.18 Å². The number of phenols is 1. The molecule has 0 aromatic heterocycles. The molecule has 0 radical (unpaired) electrons. The van der Waals surface area contributed by atoms with Gasteiger partial charge < -0.3 is 10.0 Å². The molecule has 0 unspecified atom stereocenters. The van der Waals surface area contributed by atoms with Gasteiger partial charge in [-0.05, 0) is 43.7 Å². The van der Waals surface area contributed by atoms with Crippen molar-refractivity contribution in [1.82, 2.24) is 4.31 Å². The van der Waals surface area contributed by atoms with Crippen LogP contribution >= 0.6 is 0 Å². The Hall–Kier alpha value is -2.47. The van der Waals surface area contributed by atoms with Crippen molar-refractivity contribution in [2.24, 2.45) is 0 Å². The summed E-state index contributed by atoms with van der Waals surface area (Å²) in [5.74, 6) is -5.00. The van der Waals surface area contributed by atoms with E-state index >= 15 is 0 Å². The molecule has 2 aromatic carbocycles. The van der Waals surface area contributed by atoms with Crippen LogP contribution in [0.4, 0.5) is 37.7 Å². The van der Waals surface area contributed by atoms with Crippen LogP contribution in [0, 0.1) is 5.82 Å². The van der Waals surface area contributed by atoms with E-state index in [1.165, 1.54) is 17.0 Å². The Kier molecular flexibility index (Phi) is 6.15. The SMILES string of the molecule is CN1[C@H](CCC(C)(F)F)CN(c2ccc(F)cc2)c2cc(C(F)(F)F)c(O)cc2S1(=O)=O. The summed E-state index contributed by atoms with van der Waals surface area (Å²) < 4.78 is 108. The molecule has 0 amide bonds. The van der Waals surface area contributed by atoms with Crippen LogP contribution in [0.25, 0.3) is 0 Å². The second-order valence-corrected chi connectivity index (χ2v) is 9.67. The number of sulfonamides is 1. The molecule has 2 aromatic rings. The molecule has 176 valence electrons. The van der Waals surface area contributed by atoms with Crippen molar-refractivity contribution in [3.63, 3.8) is 0 Å². The highest BCUT2D eigenvalue weighted by molar-refractivity contribution is 7.89. The molecule has 0 fully saturated rings. The summed E-state index contributed by atoms with van der Waals surface area (Å²) >= 11 is 0. The molecular formula is C20H20F6N2O3S. The smallest absolute Gasteiger partial charge is 0.420 e. The van der Waals surface area contributed by atoms with Crippen LogP contribution in [-0.2, 0) is 16.2 Å². The number of hydrogen-bond acceptors (Lipinski definition) is 4. The normalized spacial score (nSPS) is 19.5. The summed E-state index contributed by atoms with van der Waals surface area (Å²) in [6.07, 6.45) is -5.94. The number of rotatable bonds is 4. The molecule has 1 heterocycles. The number of hydrogen-bond donors (Lipinski definition) is 1. The zero-order valence-electron chi connectivity index (χ0n) is 17.0. The molecule has 0 spiro atoms. The molecule has 1 aliphatic heterocycles. The van der Waals surface area contributed by atoms with Crippen LogP contribution in [0.3, 0.4) is 0 Å². The van der Waals surface area contributed by atoms with E-state index in [-0.39, 0.29) is 18.7 Å². The van der Waals surface area contributed by atoms with E-state index < -0.39 is 62.3 Å². The van der Waals surface area contributed by atoms with Gasteiger partial charge in [0.1, 0.15) is 16.5 Å². The van der Waals surface area contributed by atoms with Crippen LogP contribution in [-0.4, -0.2) is 43.4 Å². The topological polar surface area (TPSA) is 60.9 Å². The number of alkyl halides is 5. The van der Waals surface area contributed by atoms with Crippen molar-refractivity contribution in [1.29, 1.82) is 0 Å². The van der Waals surface area contributed by atoms with Gasteiger partial charge in [0, 0.05) is 37.8 Å². The highest BCUT2D eigenvalue weighted by Gasteiger charge is 2.42. The summed E-state index contributed by atoms with van der Waals surface area (Å²) in [5.41, 5.74) is -1.70. The van der Waals surface area contributed by atoms with Gasteiger partial charge in [0.25, 0.3) is 0 Å². The summed E-state index contributed by atoms with van der Waals surface area (Å²) in [6, 6.07) is 4.51. The van der Waals surface area contributed by atoms with E-state index in [2.05, 4.69) is 0 Å². The Morgan fingerprint density at radius 1 is 1.09 bits per heavy atom. The van der Waals surface area contributed by atoms with Crippen LogP contribution in [0.2, 0.25) is 0 Å². The standard InChI is InChI=1S/C20H20F6N2O3S/c1-19(22,23)8-7-14-11-28(13-5-3-12(21)4-6-13)16-9-15(20(24,25)26)17(29)10-18(16)32(30,31)27(14)2/h3-6,9-10,14,29H,7-8,11H2,1-2H3/t14-/m1/s1. The minimum absolute atomic E-state index is 0.158. The lowest BCUT2D eigenvalue weighted by atomic mass is 10.1. The maximum atomic E-state index is 13.5. The lowest BCUT2D eigenvalue weighted by Crippen LogP contribution is -2.41. The summed E-state index contributed by atoms with van der Waals surface area (Å²) in [4.78, 5) is 0.573. The number of benzene rings is 2. The average Bonchev–Trinajstić information content (AvgIpc) is 2.74. The summed E-state index contributed by atoms with van der Waals surface area (Å²) in [5, 5.41) is 9.91. The Bertz CT molecular complexity index is 1100. The Balaban J connectivity index is 2.24. The molecule has 0 saturated carbocycles. The van der Waals surface area contributed by atoms with Crippen LogP contribution in [0.5, 0.6) is 5.75 Å². The Morgan fingerprint density at radius 2 is 1.69 bits per heavy atom. The van der Waals surface area contributed by atoms with Gasteiger partial charge in [-0.15, -0.1) is 0 Å². The van der Waals surface area contributed by atoms with Crippen LogP contribution in [0.1, 0.15) is 25.3 Å².